The van der Waals surface area contributed by atoms with E-state index in [2.05, 4.69) is 20.1 Å². The highest BCUT2D eigenvalue weighted by atomic mass is 19.1. The summed E-state index contributed by atoms with van der Waals surface area (Å²) in [5.41, 5.74) is 0.659. The Morgan fingerprint density at radius 3 is 2.85 bits per heavy atom. The van der Waals surface area contributed by atoms with E-state index in [9.17, 15) is 4.39 Å². The molecule has 5 nitrogen and oxygen atoms in total. The van der Waals surface area contributed by atoms with Gasteiger partial charge in [0.25, 0.3) is 0 Å². The van der Waals surface area contributed by atoms with Crippen molar-refractivity contribution in [1.29, 1.82) is 0 Å². The van der Waals surface area contributed by atoms with E-state index in [4.69, 9.17) is 4.74 Å². The molecule has 20 heavy (non-hydrogen) atoms. The number of aromatic nitrogens is 3. The number of benzene rings is 1. The zero-order valence-corrected chi connectivity index (χ0v) is 11.2. The molecule has 0 bridgehead atoms. The molecule has 0 unspecified atom stereocenters. The van der Waals surface area contributed by atoms with Gasteiger partial charge in [-0.25, -0.2) is 9.37 Å². The molecule has 6 heteroatoms. The second-order valence-corrected chi connectivity index (χ2v) is 4.88. The molecule has 0 spiro atoms. The fourth-order valence-corrected chi connectivity index (χ4v) is 2.40. The molecule has 0 aliphatic carbocycles. The normalized spacial score (nSPS) is 15.7. The van der Waals surface area contributed by atoms with Crippen LogP contribution in [-0.2, 0) is 0 Å². The highest BCUT2D eigenvalue weighted by molar-refractivity contribution is 5.55. The summed E-state index contributed by atoms with van der Waals surface area (Å²) in [6.07, 6.45) is 3.90. The summed E-state index contributed by atoms with van der Waals surface area (Å²) in [6.45, 7) is 3.61. The number of ether oxygens (including phenoxy) is 1. The van der Waals surface area contributed by atoms with Gasteiger partial charge in [-0.3, -0.25) is 10.00 Å². The van der Waals surface area contributed by atoms with Crippen molar-refractivity contribution in [2.24, 2.45) is 0 Å². The van der Waals surface area contributed by atoms with Crippen LogP contribution in [-0.4, -0.2) is 46.3 Å². The van der Waals surface area contributed by atoms with Crippen LogP contribution in [0.4, 0.5) is 4.39 Å². The Bertz CT molecular complexity index is 552. The third kappa shape index (κ3) is 2.96. The predicted octanol–water partition coefficient (Wildman–Crippen LogP) is 2.09. The summed E-state index contributed by atoms with van der Waals surface area (Å²) >= 11 is 0. The molecule has 1 aromatic carbocycles. The van der Waals surface area contributed by atoms with Crippen molar-refractivity contribution in [3.63, 3.8) is 0 Å². The van der Waals surface area contributed by atoms with Crippen molar-refractivity contribution in [3.8, 4) is 17.1 Å². The summed E-state index contributed by atoms with van der Waals surface area (Å²) in [4.78, 5) is 6.33. The predicted molar refractivity (Wildman–Crippen MR) is 72.9 cm³/mol. The van der Waals surface area contributed by atoms with Crippen LogP contribution in [0, 0.1) is 5.82 Å². The van der Waals surface area contributed by atoms with Gasteiger partial charge >= 0.3 is 0 Å². The lowest BCUT2D eigenvalue weighted by Crippen LogP contribution is -2.25. The van der Waals surface area contributed by atoms with Gasteiger partial charge in [0, 0.05) is 12.1 Å². The largest absolute Gasteiger partial charge is 0.489 e. The van der Waals surface area contributed by atoms with E-state index in [0.717, 1.165) is 19.6 Å². The Hall–Kier alpha value is -1.95. The van der Waals surface area contributed by atoms with E-state index in [1.54, 1.807) is 12.1 Å². The molecule has 0 radical (unpaired) electrons. The quantitative estimate of drug-likeness (QED) is 0.908. The first kappa shape index (κ1) is 13.1. The van der Waals surface area contributed by atoms with Crippen molar-refractivity contribution in [1.82, 2.24) is 20.1 Å². The number of aromatic amines is 1. The van der Waals surface area contributed by atoms with Crippen LogP contribution in [0.15, 0.2) is 24.5 Å². The van der Waals surface area contributed by atoms with E-state index in [0.29, 0.717) is 18.0 Å². The average molecular weight is 276 g/mol. The number of likely N-dealkylation sites (tertiary alicyclic amines) is 1. The number of halogens is 1. The highest BCUT2D eigenvalue weighted by Crippen LogP contribution is 2.23. The molecule has 1 fully saturated rings. The van der Waals surface area contributed by atoms with Crippen LogP contribution in [0.25, 0.3) is 11.4 Å². The standard InChI is InChI=1S/C14H17FN4O/c15-12-9-11(14-16-10-17-18-14)3-4-13(12)20-8-7-19-5-1-2-6-19/h3-4,9-10H,1-2,5-8H2,(H,16,17,18). The SMILES string of the molecule is Fc1cc(-c2ncn[nH]2)ccc1OCCN1CCCC1. The maximum Gasteiger partial charge on any atom is 0.165 e. The van der Waals surface area contributed by atoms with Gasteiger partial charge < -0.3 is 4.74 Å². The minimum Gasteiger partial charge on any atom is -0.489 e. The maximum absolute atomic E-state index is 13.9. The molecular weight excluding hydrogens is 259 g/mol. The fourth-order valence-electron chi connectivity index (χ4n) is 2.40. The van der Waals surface area contributed by atoms with Crippen LogP contribution in [0.3, 0.4) is 0 Å². The monoisotopic (exact) mass is 276 g/mol. The van der Waals surface area contributed by atoms with E-state index in [1.165, 1.54) is 25.2 Å². The molecular formula is C14H17FN4O. The van der Waals surface area contributed by atoms with E-state index in [-0.39, 0.29) is 11.6 Å². The second kappa shape index (κ2) is 6.00. The van der Waals surface area contributed by atoms with Crippen molar-refractivity contribution in [2.75, 3.05) is 26.2 Å². The summed E-state index contributed by atoms with van der Waals surface area (Å²) in [5, 5.41) is 6.45. The molecule has 106 valence electrons. The smallest absolute Gasteiger partial charge is 0.165 e. The van der Waals surface area contributed by atoms with E-state index >= 15 is 0 Å². The number of hydrogen-bond donors (Lipinski definition) is 1. The summed E-state index contributed by atoms with van der Waals surface area (Å²) in [5.74, 6) is 0.459. The number of nitrogens with zero attached hydrogens (tertiary/aromatic N) is 3. The van der Waals surface area contributed by atoms with Crippen LogP contribution in [0.5, 0.6) is 5.75 Å². The van der Waals surface area contributed by atoms with Gasteiger partial charge in [0.05, 0.1) is 0 Å². The van der Waals surface area contributed by atoms with Gasteiger partial charge in [0.1, 0.15) is 12.9 Å². The zero-order valence-electron chi connectivity index (χ0n) is 11.2. The molecule has 1 aliphatic heterocycles. The molecule has 0 amide bonds. The maximum atomic E-state index is 13.9. The van der Waals surface area contributed by atoms with Gasteiger partial charge in [0.2, 0.25) is 0 Å². The molecule has 1 aliphatic rings. The Kier molecular flexibility index (Phi) is 3.92. The lowest BCUT2D eigenvalue weighted by molar-refractivity contribution is 0.231. The summed E-state index contributed by atoms with van der Waals surface area (Å²) < 4.78 is 19.5. The summed E-state index contributed by atoms with van der Waals surface area (Å²) in [7, 11) is 0. The van der Waals surface area contributed by atoms with E-state index in [1.807, 2.05) is 0 Å². The number of H-pyrrole nitrogens is 1. The molecule has 3 rings (SSSR count). The first-order valence-corrected chi connectivity index (χ1v) is 6.83. The van der Waals surface area contributed by atoms with Crippen LogP contribution in [0.2, 0.25) is 0 Å². The van der Waals surface area contributed by atoms with Crippen LogP contribution < -0.4 is 4.74 Å². The Morgan fingerprint density at radius 2 is 2.15 bits per heavy atom. The second-order valence-electron chi connectivity index (χ2n) is 4.88. The van der Waals surface area contributed by atoms with Gasteiger partial charge in [-0.1, -0.05) is 0 Å². The lowest BCUT2D eigenvalue weighted by Gasteiger charge is -2.15. The Morgan fingerprint density at radius 1 is 1.30 bits per heavy atom. The topological polar surface area (TPSA) is 54.0 Å². The zero-order chi connectivity index (χ0) is 13.8. The number of rotatable bonds is 5. The molecule has 2 heterocycles. The molecule has 2 aromatic rings. The first-order chi connectivity index (χ1) is 9.83. The van der Waals surface area contributed by atoms with Gasteiger partial charge in [-0.2, -0.15) is 5.10 Å². The van der Waals surface area contributed by atoms with Crippen molar-refractivity contribution >= 4 is 0 Å². The lowest BCUT2D eigenvalue weighted by atomic mass is 10.2. The van der Waals surface area contributed by atoms with Gasteiger partial charge in [-0.15, -0.1) is 0 Å². The Labute approximate surface area is 116 Å². The van der Waals surface area contributed by atoms with Crippen LogP contribution >= 0.6 is 0 Å². The van der Waals surface area contributed by atoms with Crippen molar-refractivity contribution < 1.29 is 9.13 Å². The van der Waals surface area contributed by atoms with Crippen molar-refractivity contribution in [2.45, 2.75) is 12.8 Å². The molecule has 0 saturated carbocycles. The molecule has 1 saturated heterocycles. The minimum absolute atomic E-state index is 0.285. The third-order valence-corrected chi connectivity index (χ3v) is 3.48. The Balaban J connectivity index is 1.59. The molecule has 1 aromatic heterocycles. The van der Waals surface area contributed by atoms with E-state index < -0.39 is 0 Å². The van der Waals surface area contributed by atoms with Gasteiger partial charge in [-0.05, 0) is 44.1 Å². The molecule has 0 atom stereocenters. The first-order valence-electron chi connectivity index (χ1n) is 6.83. The fraction of sp³-hybridized carbons (Fsp3) is 0.429. The van der Waals surface area contributed by atoms with Crippen LogP contribution in [0.1, 0.15) is 12.8 Å². The number of nitrogens with one attached hydrogen (secondary N) is 1. The summed E-state index contributed by atoms with van der Waals surface area (Å²) in [6, 6.07) is 4.82. The van der Waals surface area contributed by atoms with Crippen molar-refractivity contribution in [3.05, 3.63) is 30.3 Å². The third-order valence-electron chi connectivity index (χ3n) is 3.48. The van der Waals surface area contributed by atoms with Gasteiger partial charge in [0.15, 0.2) is 17.4 Å². The minimum atomic E-state index is -0.375. The highest BCUT2D eigenvalue weighted by Gasteiger charge is 2.12. The molecule has 1 N–H and O–H groups in total. The number of hydrogen-bond acceptors (Lipinski definition) is 4. The average Bonchev–Trinajstić information content (AvgIpc) is 3.12.